The predicted octanol–water partition coefficient (Wildman–Crippen LogP) is 1.37. The van der Waals surface area contributed by atoms with E-state index in [-0.39, 0.29) is 0 Å². The van der Waals surface area contributed by atoms with Crippen molar-refractivity contribution in [1.29, 1.82) is 0 Å². The summed E-state index contributed by atoms with van der Waals surface area (Å²) in [6.07, 6.45) is 4.99. The van der Waals surface area contributed by atoms with Crippen LogP contribution >= 0.6 is 15.9 Å². The smallest absolute Gasteiger partial charge is 0.00622 e. The van der Waals surface area contributed by atoms with Crippen molar-refractivity contribution >= 4 is 15.9 Å². The maximum Gasteiger partial charge on any atom is -0.00622 e. The largest absolute Gasteiger partial charge is 0.405 e. The average Bonchev–Trinajstić information content (AvgIpc) is 1.61. The van der Waals surface area contributed by atoms with E-state index in [1.807, 2.05) is 0 Å². The van der Waals surface area contributed by atoms with Crippen LogP contribution in [0.4, 0.5) is 0 Å². The van der Waals surface area contributed by atoms with E-state index in [1.165, 1.54) is 6.20 Å². The maximum absolute atomic E-state index is 4.96. The molecule has 1 nitrogen and oxygen atoms in total. The van der Waals surface area contributed by atoms with Crippen molar-refractivity contribution in [1.82, 2.24) is 0 Å². The fraction of sp³-hybridized carbons (Fsp3) is 0. The number of hydrogen-bond acceptors (Lipinski definition) is 1. The summed E-state index contributed by atoms with van der Waals surface area (Å²) in [5.41, 5.74) is 4.96. The first kappa shape index (κ1) is 5.76. The van der Waals surface area contributed by atoms with Crippen molar-refractivity contribution in [3.63, 3.8) is 0 Å². The van der Waals surface area contributed by atoms with Gasteiger partial charge in [0.1, 0.15) is 0 Å². The van der Waals surface area contributed by atoms with Crippen molar-refractivity contribution < 1.29 is 0 Å². The summed E-state index contributed by atoms with van der Waals surface area (Å²) >= 11 is 3.06. The molecule has 0 aromatic heterocycles. The van der Waals surface area contributed by atoms with E-state index in [4.69, 9.17) is 5.73 Å². The highest BCUT2D eigenvalue weighted by molar-refractivity contribution is 9.11. The quantitative estimate of drug-likeness (QED) is 0.558. The normalized spacial score (nSPS) is 11.5. The molecule has 0 radical (unpaired) electrons. The highest BCUT2D eigenvalue weighted by Crippen LogP contribution is 1.80. The summed E-state index contributed by atoms with van der Waals surface area (Å²) in [6, 6.07) is 0. The van der Waals surface area contributed by atoms with Gasteiger partial charge in [-0.15, -0.1) is 0 Å². The van der Waals surface area contributed by atoms with E-state index in [2.05, 4.69) is 15.9 Å². The van der Waals surface area contributed by atoms with Gasteiger partial charge in [-0.05, 0) is 17.3 Å². The van der Waals surface area contributed by atoms with Crippen LogP contribution in [0.2, 0.25) is 0 Å². The molecule has 0 rings (SSSR count). The summed E-state index contributed by atoms with van der Waals surface area (Å²) in [6.45, 7) is 0. The molecule has 0 aromatic carbocycles. The van der Waals surface area contributed by atoms with Crippen LogP contribution in [-0.4, -0.2) is 0 Å². The Morgan fingerprint density at radius 1 is 1.33 bits per heavy atom. The zero-order chi connectivity index (χ0) is 4.83. The van der Waals surface area contributed by atoms with Gasteiger partial charge in [0.05, 0.1) is 0 Å². The molecule has 0 aliphatic rings. The molecule has 0 saturated heterocycles. The van der Waals surface area contributed by atoms with Crippen LogP contribution in [-0.2, 0) is 0 Å². The molecule has 0 heterocycles. The summed E-state index contributed by atoms with van der Waals surface area (Å²) < 4.78 is 0. The van der Waals surface area contributed by atoms with E-state index in [9.17, 15) is 0 Å². The van der Waals surface area contributed by atoms with Crippen LogP contribution in [0.15, 0.2) is 23.3 Å². The van der Waals surface area contributed by atoms with Crippen LogP contribution in [0.5, 0.6) is 0 Å². The minimum Gasteiger partial charge on any atom is -0.405 e. The lowest BCUT2D eigenvalue weighted by atomic mass is 10.6. The Morgan fingerprint density at radius 3 is 2.17 bits per heavy atom. The molecular weight excluding hydrogens is 142 g/mol. The highest BCUT2D eigenvalue weighted by atomic mass is 79.9. The Kier molecular flexibility index (Phi) is 4.57. The van der Waals surface area contributed by atoms with Gasteiger partial charge in [0.15, 0.2) is 0 Å². The van der Waals surface area contributed by atoms with Crippen LogP contribution in [0.25, 0.3) is 0 Å². The molecule has 0 unspecified atom stereocenters. The standard InChI is InChI=1S/C4H6BrN/c5-3-1-2-4-6/h1-4H,6H2. The van der Waals surface area contributed by atoms with Gasteiger partial charge in [0, 0.05) is 0 Å². The zero-order valence-electron chi connectivity index (χ0n) is 3.26. The van der Waals surface area contributed by atoms with Gasteiger partial charge in [-0.1, -0.05) is 22.0 Å². The van der Waals surface area contributed by atoms with Crippen molar-refractivity contribution in [2.75, 3.05) is 0 Å². The molecule has 0 saturated carbocycles. The van der Waals surface area contributed by atoms with Gasteiger partial charge >= 0.3 is 0 Å². The van der Waals surface area contributed by atoms with Crippen LogP contribution in [0.3, 0.4) is 0 Å². The Hall–Kier alpha value is -0.240. The minimum absolute atomic E-state index is 1.47. The van der Waals surface area contributed by atoms with E-state index in [0.29, 0.717) is 0 Å². The number of halogens is 1. The van der Waals surface area contributed by atoms with Crippen molar-refractivity contribution in [2.45, 2.75) is 0 Å². The topological polar surface area (TPSA) is 26.0 Å². The lowest BCUT2D eigenvalue weighted by Crippen LogP contribution is -1.71. The molecule has 0 bridgehead atoms. The molecule has 0 aromatic rings. The van der Waals surface area contributed by atoms with E-state index in [1.54, 1.807) is 17.1 Å². The molecule has 0 fully saturated rings. The molecule has 0 spiro atoms. The number of nitrogens with two attached hydrogens (primary N) is 1. The van der Waals surface area contributed by atoms with Gasteiger partial charge in [-0.25, -0.2) is 0 Å². The Balaban J connectivity index is 3.07. The third kappa shape index (κ3) is 3.76. The lowest BCUT2D eigenvalue weighted by molar-refractivity contribution is 1.61. The number of allylic oxidation sites excluding steroid dienone is 2. The first-order chi connectivity index (χ1) is 2.91. The first-order valence-corrected chi connectivity index (χ1v) is 2.47. The molecule has 0 aliphatic heterocycles. The SMILES string of the molecule is NC=CC=CBr. The number of hydrogen-bond donors (Lipinski definition) is 1. The van der Waals surface area contributed by atoms with Crippen LogP contribution in [0.1, 0.15) is 0 Å². The fourth-order valence-electron chi connectivity index (χ4n) is 0.106. The molecule has 0 aliphatic carbocycles. The Morgan fingerprint density at radius 2 is 2.00 bits per heavy atom. The third-order valence-corrected chi connectivity index (χ3v) is 0.600. The highest BCUT2D eigenvalue weighted by Gasteiger charge is 1.50. The third-order valence-electron chi connectivity index (χ3n) is 0.295. The second-order valence-electron chi connectivity index (χ2n) is 0.703. The summed E-state index contributed by atoms with van der Waals surface area (Å²) in [5, 5.41) is 0. The summed E-state index contributed by atoms with van der Waals surface area (Å²) in [5.74, 6) is 0. The number of rotatable bonds is 1. The van der Waals surface area contributed by atoms with Crippen molar-refractivity contribution in [2.24, 2.45) is 5.73 Å². The van der Waals surface area contributed by atoms with Gasteiger partial charge in [-0.2, -0.15) is 0 Å². The van der Waals surface area contributed by atoms with Gasteiger partial charge in [0.25, 0.3) is 0 Å². The minimum atomic E-state index is 1.47. The first-order valence-electron chi connectivity index (χ1n) is 1.55. The van der Waals surface area contributed by atoms with Gasteiger partial charge in [-0.3, -0.25) is 0 Å². The van der Waals surface area contributed by atoms with Crippen LogP contribution < -0.4 is 5.73 Å². The lowest BCUT2D eigenvalue weighted by Gasteiger charge is -1.62. The zero-order valence-corrected chi connectivity index (χ0v) is 4.85. The molecule has 6 heavy (non-hydrogen) atoms. The van der Waals surface area contributed by atoms with E-state index < -0.39 is 0 Å². The molecule has 2 N–H and O–H groups in total. The van der Waals surface area contributed by atoms with Crippen molar-refractivity contribution in [3.8, 4) is 0 Å². The molecule has 2 heteroatoms. The molecule has 0 amide bonds. The van der Waals surface area contributed by atoms with Gasteiger partial charge < -0.3 is 5.73 Å². The second kappa shape index (κ2) is 4.76. The monoisotopic (exact) mass is 147 g/mol. The van der Waals surface area contributed by atoms with Crippen molar-refractivity contribution in [3.05, 3.63) is 23.3 Å². The Bertz CT molecular complexity index is 55.9. The average molecular weight is 148 g/mol. The summed E-state index contributed by atoms with van der Waals surface area (Å²) in [7, 11) is 0. The fourth-order valence-corrected chi connectivity index (χ4v) is 0.282. The van der Waals surface area contributed by atoms with Crippen LogP contribution in [0, 0.1) is 0 Å². The summed E-state index contributed by atoms with van der Waals surface area (Å²) in [4.78, 5) is 1.73. The maximum atomic E-state index is 4.96. The molecule has 34 valence electrons. The second-order valence-corrected chi connectivity index (χ2v) is 1.23. The van der Waals surface area contributed by atoms with E-state index >= 15 is 0 Å². The Labute approximate surface area is 45.7 Å². The van der Waals surface area contributed by atoms with E-state index in [0.717, 1.165) is 0 Å². The predicted molar refractivity (Wildman–Crippen MR) is 31.4 cm³/mol. The molecular formula is C4H6BrN. The van der Waals surface area contributed by atoms with Gasteiger partial charge in [0.2, 0.25) is 0 Å². The molecule has 0 atom stereocenters.